The lowest BCUT2D eigenvalue weighted by Gasteiger charge is -2.22. The van der Waals surface area contributed by atoms with Gasteiger partial charge in [-0.05, 0) is 60.6 Å². The fourth-order valence-corrected chi connectivity index (χ4v) is 3.41. The van der Waals surface area contributed by atoms with Gasteiger partial charge in [0.15, 0.2) is 0 Å². The van der Waals surface area contributed by atoms with Gasteiger partial charge in [-0.15, -0.1) is 0 Å². The zero-order valence-electron chi connectivity index (χ0n) is 12.0. The van der Waals surface area contributed by atoms with Gasteiger partial charge in [0.25, 0.3) is 5.91 Å². The minimum absolute atomic E-state index is 0.128. The van der Waals surface area contributed by atoms with Crippen molar-refractivity contribution < 1.29 is 4.79 Å². The van der Waals surface area contributed by atoms with Crippen molar-refractivity contribution in [1.82, 2.24) is 9.80 Å². The molecule has 1 fully saturated rings. The van der Waals surface area contributed by atoms with Gasteiger partial charge in [0, 0.05) is 23.6 Å². The number of likely N-dealkylation sites (tertiary alicyclic amines) is 1. The first kappa shape index (κ1) is 14.5. The van der Waals surface area contributed by atoms with Crippen LogP contribution in [0.4, 0.5) is 0 Å². The summed E-state index contributed by atoms with van der Waals surface area (Å²) in [5.41, 5.74) is 1.92. The van der Waals surface area contributed by atoms with E-state index in [0.717, 1.165) is 28.7 Å². The third-order valence-electron chi connectivity index (χ3n) is 3.88. The van der Waals surface area contributed by atoms with Crippen LogP contribution in [0.3, 0.4) is 0 Å². The molecule has 1 aliphatic heterocycles. The molecule has 19 heavy (non-hydrogen) atoms. The molecular weight excluding hydrogens is 304 g/mol. The molecule has 0 radical (unpaired) electrons. The molecular formula is C15H21BrN2O. The Hall–Kier alpha value is -0.870. The van der Waals surface area contributed by atoms with Crippen LogP contribution >= 0.6 is 15.9 Å². The Morgan fingerprint density at radius 3 is 2.58 bits per heavy atom. The largest absolute Gasteiger partial charge is 0.337 e. The molecule has 3 nitrogen and oxygen atoms in total. The predicted octanol–water partition coefficient (Wildman–Crippen LogP) is 2.78. The van der Waals surface area contributed by atoms with Gasteiger partial charge in [-0.1, -0.05) is 13.0 Å². The van der Waals surface area contributed by atoms with E-state index in [0.29, 0.717) is 12.0 Å². The SMILES string of the molecule is Cc1ccc(C(=O)N2CC(C)C(N(C)C)C2)c(Br)c1. The molecule has 1 aliphatic rings. The Kier molecular flexibility index (Phi) is 4.31. The van der Waals surface area contributed by atoms with Crippen molar-refractivity contribution in [2.24, 2.45) is 5.92 Å². The fraction of sp³-hybridized carbons (Fsp3) is 0.533. The standard InChI is InChI=1S/C15H21BrN2O/c1-10-5-6-12(13(16)7-10)15(19)18-8-11(2)14(9-18)17(3)4/h5-7,11,14H,8-9H2,1-4H3. The van der Waals surface area contributed by atoms with Gasteiger partial charge >= 0.3 is 0 Å². The number of carbonyl (C=O) groups is 1. The number of halogens is 1. The van der Waals surface area contributed by atoms with Crippen LogP contribution in [0.25, 0.3) is 0 Å². The molecule has 1 heterocycles. The summed E-state index contributed by atoms with van der Waals surface area (Å²) >= 11 is 3.50. The van der Waals surface area contributed by atoms with E-state index < -0.39 is 0 Å². The van der Waals surface area contributed by atoms with Gasteiger partial charge in [-0.25, -0.2) is 0 Å². The van der Waals surface area contributed by atoms with Gasteiger partial charge in [0.1, 0.15) is 0 Å². The minimum atomic E-state index is 0.128. The Morgan fingerprint density at radius 1 is 1.37 bits per heavy atom. The first-order valence-corrected chi connectivity index (χ1v) is 7.41. The zero-order valence-corrected chi connectivity index (χ0v) is 13.6. The maximum absolute atomic E-state index is 12.6. The van der Waals surface area contributed by atoms with Crippen molar-refractivity contribution in [3.63, 3.8) is 0 Å². The number of amides is 1. The second-order valence-electron chi connectivity index (χ2n) is 5.70. The summed E-state index contributed by atoms with van der Waals surface area (Å²) in [4.78, 5) is 16.7. The highest BCUT2D eigenvalue weighted by Gasteiger charge is 2.34. The van der Waals surface area contributed by atoms with Crippen LogP contribution < -0.4 is 0 Å². The van der Waals surface area contributed by atoms with Crippen molar-refractivity contribution in [1.29, 1.82) is 0 Å². The molecule has 1 amide bonds. The maximum Gasteiger partial charge on any atom is 0.255 e. The topological polar surface area (TPSA) is 23.6 Å². The number of likely N-dealkylation sites (N-methyl/N-ethyl adjacent to an activating group) is 1. The lowest BCUT2D eigenvalue weighted by molar-refractivity contribution is 0.0780. The summed E-state index contributed by atoms with van der Waals surface area (Å²) in [5.74, 6) is 0.645. The van der Waals surface area contributed by atoms with Crippen molar-refractivity contribution in [3.8, 4) is 0 Å². The third-order valence-corrected chi connectivity index (χ3v) is 4.53. The second kappa shape index (κ2) is 5.63. The quantitative estimate of drug-likeness (QED) is 0.835. The monoisotopic (exact) mass is 324 g/mol. The van der Waals surface area contributed by atoms with E-state index in [1.54, 1.807) is 0 Å². The van der Waals surface area contributed by atoms with Crippen LogP contribution in [0, 0.1) is 12.8 Å². The highest BCUT2D eigenvalue weighted by atomic mass is 79.9. The van der Waals surface area contributed by atoms with Gasteiger partial charge in [0.05, 0.1) is 5.56 Å². The van der Waals surface area contributed by atoms with Gasteiger partial charge in [0.2, 0.25) is 0 Å². The number of nitrogens with zero attached hydrogens (tertiary/aromatic N) is 2. The molecule has 104 valence electrons. The van der Waals surface area contributed by atoms with E-state index in [1.807, 2.05) is 30.0 Å². The van der Waals surface area contributed by atoms with E-state index >= 15 is 0 Å². The zero-order chi connectivity index (χ0) is 14.2. The number of benzene rings is 1. The smallest absolute Gasteiger partial charge is 0.255 e. The van der Waals surface area contributed by atoms with E-state index in [4.69, 9.17) is 0 Å². The Bertz CT molecular complexity index is 487. The summed E-state index contributed by atoms with van der Waals surface area (Å²) in [6, 6.07) is 6.35. The van der Waals surface area contributed by atoms with Crippen LogP contribution in [0.1, 0.15) is 22.8 Å². The van der Waals surface area contributed by atoms with Crippen LogP contribution in [0.15, 0.2) is 22.7 Å². The summed E-state index contributed by atoms with van der Waals surface area (Å²) in [6.45, 7) is 5.89. The molecule has 0 aliphatic carbocycles. The first-order chi connectivity index (χ1) is 8.90. The normalized spacial score (nSPS) is 23.2. The fourth-order valence-electron chi connectivity index (χ4n) is 2.75. The second-order valence-corrected chi connectivity index (χ2v) is 6.56. The molecule has 2 rings (SSSR count). The highest BCUT2D eigenvalue weighted by Crippen LogP contribution is 2.25. The van der Waals surface area contributed by atoms with Gasteiger partial charge in [-0.3, -0.25) is 4.79 Å². The van der Waals surface area contributed by atoms with E-state index in [9.17, 15) is 4.79 Å². The Balaban J connectivity index is 2.17. The lowest BCUT2D eigenvalue weighted by Crippen LogP contribution is -2.35. The molecule has 0 spiro atoms. The molecule has 2 atom stereocenters. The van der Waals surface area contributed by atoms with Crippen molar-refractivity contribution >= 4 is 21.8 Å². The number of hydrogen-bond donors (Lipinski definition) is 0. The highest BCUT2D eigenvalue weighted by molar-refractivity contribution is 9.10. The summed E-state index contributed by atoms with van der Waals surface area (Å²) in [6.07, 6.45) is 0. The first-order valence-electron chi connectivity index (χ1n) is 6.62. The lowest BCUT2D eigenvalue weighted by atomic mass is 10.1. The Labute approximate surface area is 123 Å². The summed E-state index contributed by atoms with van der Waals surface area (Å²) < 4.78 is 0.887. The van der Waals surface area contributed by atoms with Crippen LogP contribution in [-0.2, 0) is 0 Å². The predicted molar refractivity (Wildman–Crippen MR) is 81.4 cm³/mol. The molecule has 4 heteroatoms. The minimum Gasteiger partial charge on any atom is -0.337 e. The van der Waals surface area contributed by atoms with E-state index in [2.05, 4.69) is 41.8 Å². The van der Waals surface area contributed by atoms with Crippen LogP contribution in [0.5, 0.6) is 0 Å². The average molecular weight is 325 g/mol. The number of carbonyl (C=O) groups excluding carboxylic acids is 1. The maximum atomic E-state index is 12.6. The molecule has 0 saturated carbocycles. The van der Waals surface area contributed by atoms with Crippen molar-refractivity contribution in [3.05, 3.63) is 33.8 Å². The number of aryl methyl sites for hydroxylation is 1. The molecule has 1 saturated heterocycles. The summed E-state index contributed by atoms with van der Waals surface area (Å²) in [5, 5.41) is 0. The molecule has 1 aromatic rings. The molecule has 1 aromatic carbocycles. The molecule has 0 N–H and O–H groups in total. The average Bonchev–Trinajstić information content (AvgIpc) is 2.70. The van der Waals surface area contributed by atoms with Gasteiger partial charge in [-0.2, -0.15) is 0 Å². The molecule has 2 unspecified atom stereocenters. The third kappa shape index (κ3) is 3.00. The number of rotatable bonds is 2. The van der Waals surface area contributed by atoms with E-state index in [-0.39, 0.29) is 5.91 Å². The van der Waals surface area contributed by atoms with Gasteiger partial charge < -0.3 is 9.80 Å². The van der Waals surface area contributed by atoms with E-state index in [1.165, 1.54) is 0 Å². The molecule has 0 aromatic heterocycles. The van der Waals surface area contributed by atoms with Crippen molar-refractivity contribution in [2.45, 2.75) is 19.9 Å². The summed E-state index contributed by atoms with van der Waals surface area (Å²) in [7, 11) is 4.16. The number of hydrogen-bond acceptors (Lipinski definition) is 2. The molecule has 0 bridgehead atoms. The van der Waals surface area contributed by atoms with Crippen LogP contribution in [0.2, 0.25) is 0 Å². The van der Waals surface area contributed by atoms with Crippen LogP contribution in [-0.4, -0.2) is 48.9 Å². The Morgan fingerprint density at radius 2 is 2.05 bits per heavy atom. The van der Waals surface area contributed by atoms with Crippen molar-refractivity contribution in [2.75, 3.05) is 27.2 Å².